The van der Waals surface area contributed by atoms with Crippen molar-refractivity contribution in [3.8, 4) is 0 Å². The summed E-state index contributed by atoms with van der Waals surface area (Å²) in [5.41, 5.74) is 0. The van der Waals surface area contributed by atoms with Crippen LogP contribution in [0.3, 0.4) is 0 Å². The number of allylic oxidation sites excluding steroid dienone is 17. The third kappa shape index (κ3) is 51.8. The lowest BCUT2D eigenvalue weighted by molar-refractivity contribution is -0.305. The minimum atomic E-state index is -1.62. The topological polar surface area (TPSA) is 175 Å². The Balaban J connectivity index is 2.56. The van der Waals surface area contributed by atoms with E-state index >= 15 is 0 Å². The van der Waals surface area contributed by atoms with Gasteiger partial charge in [-0.25, -0.2) is 0 Å². The maximum atomic E-state index is 13.5. The molecule has 1 aliphatic rings. The van der Waals surface area contributed by atoms with Crippen LogP contribution >= 0.6 is 0 Å². The SMILES string of the molecule is CC/C=C\C/C=C\C/C=C\C/C=C\C/C=C\C/C=C\CCCCCCCC(O)C(=O)NC(COC1OC(CO)C(O)C(O)C1OC(=O)CCCCCCCCCCCCCCCCC/C=C\C/C=C\CCCCC)C(O)/C=C/CCCCCCCCCCCC. The maximum absolute atomic E-state index is 13.5. The van der Waals surface area contributed by atoms with Crippen LogP contribution in [0.15, 0.2) is 109 Å². The van der Waals surface area contributed by atoms with Gasteiger partial charge >= 0.3 is 5.97 Å². The van der Waals surface area contributed by atoms with Crippen LogP contribution in [0.4, 0.5) is 0 Å². The number of esters is 1. The monoisotopic (exact) mass is 1260 g/mol. The van der Waals surface area contributed by atoms with Crippen LogP contribution in [0.5, 0.6) is 0 Å². The third-order valence-corrected chi connectivity index (χ3v) is 16.9. The summed E-state index contributed by atoms with van der Waals surface area (Å²) in [6.07, 6.45) is 79.8. The summed E-state index contributed by atoms with van der Waals surface area (Å²) in [5.74, 6) is -1.21. The van der Waals surface area contributed by atoms with E-state index in [-0.39, 0.29) is 19.4 Å². The molecule has 1 rings (SSSR count). The number of rotatable bonds is 63. The molecule has 1 amide bonds. The summed E-state index contributed by atoms with van der Waals surface area (Å²) >= 11 is 0. The minimum Gasteiger partial charge on any atom is -0.454 e. The molecule has 6 N–H and O–H groups in total. The second-order valence-electron chi connectivity index (χ2n) is 25.3. The van der Waals surface area contributed by atoms with Crippen molar-refractivity contribution in [2.45, 2.75) is 365 Å². The van der Waals surface area contributed by atoms with Crippen LogP contribution in [0.25, 0.3) is 0 Å². The Labute approximate surface area is 551 Å². The molecular formula is C79H137NO10. The number of hydrogen-bond acceptors (Lipinski definition) is 10. The molecule has 0 saturated carbocycles. The lowest BCUT2D eigenvalue weighted by Gasteiger charge is -2.41. The van der Waals surface area contributed by atoms with Gasteiger partial charge in [-0.3, -0.25) is 9.59 Å². The number of unbranched alkanes of at least 4 members (excludes halogenated alkanes) is 33. The number of aliphatic hydroxyl groups excluding tert-OH is 5. The predicted octanol–water partition coefficient (Wildman–Crippen LogP) is 19.6. The van der Waals surface area contributed by atoms with Gasteiger partial charge in [0.15, 0.2) is 12.4 Å². The van der Waals surface area contributed by atoms with Crippen molar-refractivity contribution in [3.05, 3.63) is 109 Å². The molecule has 8 atom stereocenters. The summed E-state index contributed by atoms with van der Waals surface area (Å²) in [6, 6.07) is -1.04. The largest absolute Gasteiger partial charge is 0.454 e. The molecule has 1 heterocycles. The Morgan fingerprint density at radius 1 is 0.444 bits per heavy atom. The maximum Gasteiger partial charge on any atom is 0.306 e. The van der Waals surface area contributed by atoms with E-state index in [9.17, 15) is 35.1 Å². The van der Waals surface area contributed by atoms with Crippen LogP contribution in [0.2, 0.25) is 0 Å². The Morgan fingerprint density at radius 3 is 1.22 bits per heavy atom. The van der Waals surface area contributed by atoms with Gasteiger partial charge in [0.05, 0.1) is 25.4 Å². The highest BCUT2D eigenvalue weighted by molar-refractivity contribution is 5.80. The molecule has 0 aliphatic carbocycles. The summed E-state index contributed by atoms with van der Waals surface area (Å²) in [7, 11) is 0. The lowest BCUT2D eigenvalue weighted by Crippen LogP contribution is -2.61. The van der Waals surface area contributed by atoms with E-state index in [0.29, 0.717) is 12.8 Å². The van der Waals surface area contributed by atoms with Crippen molar-refractivity contribution in [1.82, 2.24) is 5.32 Å². The van der Waals surface area contributed by atoms with Gasteiger partial charge in [0.2, 0.25) is 5.91 Å². The fourth-order valence-corrected chi connectivity index (χ4v) is 11.1. The van der Waals surface area contributed by atoms with E-state index in [2.05, 4.69) is 123 Å². The molecule has 0 aromatic carbocycles. The Hall–Kier alpha value is -3.68. The number of carbonyl (C=O) groups is 2. The summed E-state index contributed by atoms with van der Waals surface area (Å²) < 4.78 is 17.7. The molecule has 11 heteroatoms. The van der Waals surface area contributed by atoms with Gasteiger partial charge in [0, 0.05) is 6.42 Å². The van der Waals surface area contributed by atoms with Gasteiger partial charge in [-0.1, -0.05) is 310 Å². The average Bonchev–Trinajstić information content (AvgIpc) is 2.18. The van der Waals surface area contributed by atoms with Crippen molar-refractivity contribution >= 4 is 11.9 Å². The number of carbonyl (C=O) groups excluding carboxylic acids is 2. The van der Waals surface area contributed by atoms with E-state index in [1.165, 1.54) is 154 Å². The average molecular weight is 1260 g/mol. The number of nitrogens with one attached hydrogen (secondary N) is 1. The molecule has 0 spiro atoms. The molecule has 8 unspecified atom stereocenters. The first-order valence-electron chi connectivity index (χ1n) is 37.2. The highest BCUT2D eigenvalue weighted by Gasteiger charge is 2.47. The first-order valence-corrected chi connectivity index (χ1v) is 37.2. The van der Waals surface area contributed by atoms with Crippen LogP contribution < -0.4 is 5.32 Å². The predicted molar refractivity (Wildman–Crippen MR) is 379 cm³/mol. The zero-order valence-corrected chi connectivity index (χ0v) is 57.7. The normalized spacial score (nSPS) is 18.7. The smallest absolute Gasteiger partial charge is 0.306 e. The molecule has 0 radical (unpaired) electrons. The third-order valence-electron chi connectivity index (χ3n) is 16.9. The summed E-state index contributed by atoms with van der Waals surface area (Å²) in [4.78, 5) is 26.7. The number of amides is 1. The second kappa shape index (κ2) is 65.4. The Bertz CT molecular complexity index is 1890. The van der Waals surface area contributed by atoms with Gasteiger partial charge in [-0.05, 0) is 109 Å². The quantitative estimate of drug-likeness (QED) is 0.0195. The number of ether oxygens (including phenoxy) is 3. The van der Waals surface area contributed by atoms with Gasteiger partial charge in [-0.15, -0.1) is 0 Å². The first kappa shape index (κ1) is 84.3. The lowest BCUT2D eigenvalue weighted by atomic mass is 9.99. The molecular weight excluding hydrogens is 1120 g/mol. The van der Waals surface area contributed by atoms with Crippen LogP contribution in [-0.4, -0.2) is 99.6 Å². The van der Waals surface area contributed by atoms with Crippen molar-refractivity contribution in [2.75, 3.05) is 13.2 Å². The first-order chi connectivity index (χ1) is 44.2. The summed E-state index contributed by atoms with van der Waals surface area (Å²) in [6.45, 7) is 5.67. The highest BCUT2D eigenvalue weighted by atomic mass is 16.7. The molecule has 0 bridgehead atoms. The molecule has 1 aliphatic heterocycles. The fraction of sp³-hybridized carbons (Fsp3) is 0.747. The molecule has 0 aromatic rings. The Morgan fingerprint density at radius 2 is 0.800 bits per heavy atom. The van der Waals surface area contributed by atoms with Crippen molar-refractivity contribution < 1.29 is 49.3 Å². The Kier molecular flexibility index (Phi) is 61.3. The van der Waals surface area contributed by atoms with Crippen molar-refractivity contribution in [2.24, 2.45) is 0 Å². The van der Waals surface area contributed by atoms with Crippen molar-refractivity contribution in [3.63, 3.8) is 0 Å². The number of hydrogen-bond donors (Lipinski definition) is 6. The molecule has 0 aromatic heterocycles. The summed E-state index contributed by atoms with van der Waals surface area (Å²) in [5, 5.41) is 57.3. The molecule has 1 fully saturated rings. The second-order valence-corrected chi connectivity index (χ2v) is 25.3. The zero-order valence-electron chi connectivity index (χ0n) is 57.7. The van der Waals surface area contributed by atoms with Gasteiger partial charge in [-0.2, -0.15) is 0 Å². The van der Waals surface area contributed by atoms with Crippen LogP contribution in [-0.2, 0) is 23.8 Å². The van der Waals surface area contributed by atoms with Gasteiger partial charge in [0.1, 0.15) is 24.4 Å². The van der Waals surface area contributed by atoms with Crippen LogP contribution in [0.1, 0.15) is 316 Å². The fourth-order valence-electron chi connectivity index (χ4n) is 11.1. The number of aliphatic hydroxyl groups is 5. The molecule has 11 nitrogen and oxygen atoms in total. The van der Waals surface area contributed by atoms with E-state index in [1.54, 1.807) is 6.08 Å². The highest BCUT2D eigenvalue weighted by Crippen LogP contribution is 2.26. The van der Waals surface area contributed by atoms with E-state index in [1.807, 2.05) is 6.08 Å². The minimum absolute atomic E-state index is 0.118. The standard InChI is InChI=1S/C79H137NO10/c1-4-7-10-13-16-19-22-25-27-29-31-33-35-37-39-41-43-45-47-49-52-55-58-61-64-67-74(84)90-77-76(86)75(85)73(68-81)89-79(77)88-69-70(71(82)65-62-59-56-53-50-24-21-18-15-12-9-6-3)80-78(87)72(83)66-63-60-57-54-51-48-46-44-42-40-38-36-34-32-30-28-26-23-20-17-14-11-8-5-2/h8,11,16-17,19-20,25-28,32,34,38,40,44,46,62,65,70-73,75-77,79,81-83,85-86H,4-7,9-10,12-15,18,21-24,29-31,33,35-37,39,41-43,45,47-61,63-64,66-69H2,1-3H3,(H,80,87)/b11-8-,19-16-,20-17-,27-25-,28-26-,34-32-,40-38-,46-44-,65-62+. The molecule has 1 saturated heterocycles. The van der Waals surface area contributed by atoms with Gasteiger partial charge in [0.25, 0.3) is 0 Å². The van der Waals surface area contributed by atoms with E-state index < -0.39 is 67.4 Å². The van der Waals surface area contributed by atoms with Crippen molar-refractivity contribution in [1.29, 1.82) is 0 Å². The van der Waals surface area contributed by atoms with E-state index in [4.69, 9.17) is 14.2 Å². The molecule has 90 heavy (non-hydrogen) atoms. The van der Waals surface area contributed by atoms with Crippen LogP contribution in [0, 0.1) is 0 Å². The van der Waals surface area contributed by atoms with Gasteiger partial charge < -0.3 is 45.1 Å². The zero-order chi connectivity index (χ0) is 65.3. The van der Waals surface area contributed by atoms with E-state index in [0.717, 1.165) is 116 Å². The molecule has 518 valence electrons.